The average molecular weight is 224 g/mol. The molecule has 0 heterocycles. The minimum Gasteiger partial charge on any atom is -0.353 e. The molecule has 0 spiro atoms. The predicted octanol–water partition coefficient (Wildman–Crippen LogP) is 2.80. The SMILES string of the molecule is CC(=O)NCC=Cc1cccc(Cl)c1C. The largest absolute Gasteiger partial charge is 0.353 e. The molecule has 0 fully saturated rings. The third kappa shape index (κ3) is 3.76. The van der Waals surface area contributed by atoms with E-state index < -0.39 is 0 Å². The van der Waals surface area contributed by atoms with E-state index in [1.54, 1.807) is 0 Å². The van der Waals surface area contributed by atoms with Crippen molar-refractivity contribution in [2.75, 3.05) is 6.54 Å². The second-order valence-corrected chi connectivity index (χ2v) is 3.70. The number of halogens is 1. The molecule has 0 aliphatic heterocycles. The minimum absolute atomic E-state index is 0.0255. The molecule has 80 valence electrons. The van der Waals surface area contributed by atoms with Crippen LogP contribution in [0.5, 0.6) is 0 Å². The quantitative estimate of drug-likeness (QED) is 0.839. The van der Waals surface area contributed by atoms with Gasteiger partial charge in [-0.1, -0.05) is 35.9 Å². The van der Waals surface area contributed by atoms with Gasteiger partial charge in [-0.05, 0) is 24.1 Å². The molecular weight excluding hydrogens is 210 g/mol. The number of carbonyl (C=O) groups excluding carboxylic acids is 1. The first-order valence-corrected chi connectivity index (χ1v) is 5.15. The lowest BCUT2D eigenvalue weighted by molar-refractivity contribution is -0.118. The van der Waals surface area contributed by atoms with Crippen LogP contribution in [0.2, 0.25) is 5.02 Å². The molecule has 1 rings (SSSR count). The minimum atomic E-state index is -0.0255. The van der Waals surface area contributed by atoms with E-state index in [4.69, 9.17) is 11.6 Å². The zero-order valence-corrected chi connectivity index (χ0v) is 9.64. The molecule has 0 aliphatic rings. The van der Waals surface area contributed by atoms with Gasteiger partial charge < -0.3 is 5.32 Å². The first-order valence-electron chi connectivity index (χ1n) is 4.77. The van der Waals surface area contributed by atoms with Crippen LogP contribution in [-0.2, 0) is 4.79 Å². The molecule has 3 heteroatoms. The Balaban J connectivity index is 2.64. The van der Waals surface area contributed by atoms with E-state index in [9.17, 15) is 4.79 Å². The van der Waals surface area contributed by atoms with E-state index in [0.717, 1.165) is 16.1 Å². The van der Waals surface area contributed by atoms with Gasteiger partial charge in [0.05, 0.1) is 0 Å². The first-order chi connectivity index (χ1) is 7.11. The summed E-state index contributed by atoms with van der Waals surface area (Å²) in [6.45, 7) is 4.01. The highest BCUT2D eigenvalue weighted by Crippen LogP contribution is 2.19. The molecule has 1 aromatic rings. The van der Waals surface area contributed by atoms with Crippen LogP contribution < -0.4 is 5.32 Å². The van der Waals surface area contributed by atoms with Crippen molar-refractivity contribution in [1.82, 2.24) is 5.32 Å². The van der Waals surface area contributed by atoms with E-state index in [1.807, 2.05) is 37.3 Å². The number of hydrogen-bond donors (Lipinski definition) is 1. The van der Waals surface area contributed by atoms with Crippen LogP contribution in [-0.4, -0.2) is 12.5 Å². The Labute approximate surface area is 94.9 Å². The molecule has 1 aromatic carbocycles. The topological polar surface area (TPSA) is 29.1 Å². The molecule has 0 saturated heterocycles. The summed E-state index contributed by atoms with van der Waals surface area (Å²) in [5.41, 5.74) is 2.13. The Bertz CT molecular complexity index is 385. The Morgan fingerprint density at radius 1 is 1.53 bits per heavy atom. The Hall–Kier alpha value is -1.28. The number of nitrogens with one attached hydrogen (secondary N) is 1. The summed E-state index contributed by atoms with van der Waals surface area (Å²) in [5.74, 6) is -0.0255. The van der Waals surface area contributed by atoms with Crippen LogP contribution in [0, 0.1) is 6.92 Å². The summed E-state index contributed by atoms with van der Waals surface area (Å²) in [5, 5.41) is 3.45. The fraction of sp³-hybridized carbons (Fsp3) is 0.250. The fourth-order valence-electron chi connectivity index (χ4n) is 1.19. The molecule has 0 unspecified atom stereocenters. The van der Waals surface area contributed by atoms with Crippen molar-refractivity contribution >= 4 is 23.6 Å². The Morgan fingerprint density at radius 2 is 2.27 bits per heavy atom. The number of hydrogen-bond acceptors (Lipinski definition) is 1. The maximum absolute atomic E-state index is 10.6. The molecule has 1 amide bonds. The summed E-state index contributed by atoms with van der Waals surface area (Å²) in [6, 6.07) is 5.76. The summed E-state index contributed by atoms with van der Waals surface area (Å²) in [4.78, 5) is 10.6. The van der Waals surface area contributed by atoms with Gasteiger partial charge in [0, 0.05) is 18.5 Å². The molecule has 0 aliphatic carbocycles. The first kappa shape index (κ1) is 11.8. The van der Waals surface area contributed by atoms with Gasteiger partial charge in [-0.25, -0.2) is 0 Å². The molecule has 0 atom stereocenters. The Morgan fingerprint density at radius 3 is 2.93 bits per heavy atom. The average Bonchev–Trinajstić information content (AvgIpc) is 2.18. The molecule has 0 aromatic heterocycles. The van der Waals surface area contributed by atoms with Crippen LogP contribution in [0.1, 0.15) is 18.1 Å². The monoisotopic (exact) mass is 223 g/mol. The van der Waals surface area contributed by atoms with E-state index in [-0.39, 0.29) is 5.91 Å². The summed E-state index contributed by atoms with van der Waals surface area (Å²) < 4.78 is 0. The van der Waals surface area contributed by atoms with Gasteiger partial charge >= 0.3 is 0 Å². The number of amides is 1. The molecule has 15 heavy (non-hydrogen) atoms. The zero-order chi connectivity index (χ0) is 11.3. The lowest BCUT2D eigenvalue weighted by atomic mass is 10.1. The predicted molar refractivity (Wildman–Crippen MR) is 63.9 cm³/mol. The lowest BCUT2D eigenvalue weighted by Gasteiger charge is -2.02. The van der Waals surface area contributed by atoms with Gasteiger partial charge in [0.25, 0.3) is 0 Å². The van der Waals surface area contributed by atoms with Crippen molar-refractivity contribution in [1.29, 1.82) is 0 Å². The molecule has 0 saturated carbocycles. The Kier molecular flexibility index (Phi) is 4.37. The van der Waals surface area contributed by atoms with Crippen LogP contribution in [0.4, 0.5) is 0 Å². The number of rotatable bonds is 3. The van der Waals surface area contributed by atoms with Gasteiger partial charge in [0.15, 0.2) is 0 Å². The third-order valence-corrected chi connectivity index (χ3v) is 2.49. The van der Waals surface area contributed by atoms with Crippen molar-refractivity contribution in [3.63, 3.8) is 0 Å². The van der Waals surface area contributed by atoms with Gasteiger partial charge in [0.1, 0.15) is 0 Å². The van der Waals surface area contributed by atoms with E-state index in [2.05, 4.69) is 5.32 Å². The summed E-state index contributed by atoms with van der Waals surface area (Å²) >= 11 is 5.97. The molecule has 0 bridgehead atoms. The zero-order valence-electron chi connectivity index (χ0n) is 8.88. The van der Waals surface area contributed by atoms with E-state index >= 15 is 0 Å². The molecular formula is C12H14ClNO. The van der Waals surface area contributed by atoms with E-state index in [1.165, 1.54) is 6.92 Å². The fourth-order valence-corrected chi connectivity index (χ4v) is 1.38. The lowest BCUT2D eigenvalue weighted by Crippen LogP contribution is -2.19. The van der Waals surface area contributed by atoms with Gasteiger partial charge in [-0.15, -0.1) is 0 Å². The molecule has 0 radical (unpaired) electrons. The van der Waals surface area contributed by atoms with Crippen LogP contribution >= 0.6 is 11.6 Å². The second kappa shape index (κ2) is 5.56. The van der Waals surface area contributed by atoms with Crippen LogP contribution in [0.25, 0.3) is 6.08 Å². The highest BCUT2D eigenvalue weighted by Gasteiger charge is 1.97. The highest BCUT2D eigenvalue weighted by atomic mass is 35.5. The summed E-state index contributed by atoms with van der Waals surface area (Å²) in [6.07, 6.45) is 3.86. The smallest absolute Gasteiger partial charge is 0.217 e. The molecule has 1 N–H and O–H groups in total. The van der Waals surface area contributed by atoms with Crippen LogP contribution in [0.3, 0.4) is 0 Å². The van der Waals surface area contributed by atoms with Crippen molar-refractivity contribution in [3.8, 4) is 0 Å². The maximum Gasteiger partial charge on any atom is 0.217 e. The van der Waals surface area contributed by atoms with Crippen molar-refractivity contribution in [2.24, 2.45) is 0 Å². The second-order valence-electron chi connectivity index (χ2n) is 3.29. The highest BCUT2D eigenvalue weighted by molar-refractivity contribution is 6.31. The van der Waals surface area contributed by atoms with Crippen molar-refractivity contribution < 1.29 is 4.79 Å². The summed E-state index contributed by atoms with van der Waals surface area (Å²) in [7, 11) is 0. The van der Waals surface area contributed by atoms with Crippen molar-refractivity contribution in [2.45, 2.75) is 13.8 Å². The standard InChI is InChI=1S/C12H14ClNO/c1-9-11(5-3-7-12(9)13)6-4-8-14-10(2)15/h3-7H,8H2,1-2H3,(H,14,15). The van der Waals surface area contributed by atoms with E-state index in [0.29, 0.717) is 6.54 Å². The van der Waals surface area contributed by atoms with Crippen LogP contribution in [0.15, 0.2) is 24.3 Å². The van der Waals surface area contributed by atoms with Gasteiger partial charge in [0.2, 0.25) is 5.91 Å². The number of benzene rings is 1. The number of carbonyl (C=O) groups is 1. The normalized spacial score (nSPS) is 10.6. The maximum atomic E-state index is 10.6. The van der Waals surface area contributed by atoms with Crippen molar-refractivity contribution in [3.05, 3.63) is 40.4 Å². The molecule has 2 nitrogen and oxygen atoms in total. The third-order valence-electron chi connectivity index (χ3n) is 2.08. The van der Waals surface area contributed by atoms with Gasteiger partial charge in [-0.2, -0.15) is 0 Å². The van der Waals surface area contributed by atoms with Gasteiger partial charge in [-0.3, -0.25) is 4.79 Å².